The van der Waals surface area contributed by atoms with Crippen LogP contribution in [-0.2, 0) is 10.5 Å². The molecule has 1 N–H and O–H groups in total. The topological polar surface area (TPSA) is 62.3 Å². The Balaban J connectivity index is 1.53. The lowest BCUT2D eigenvalue weighted by molar-refractivity contribution is -0.113. The maximum atomic E-state index is 12.5. The molecule has 0 saturated carbocycles. The number of thiazole rings is 1. The normalized spacial score (nSPS) is 10.8. The molecule has 0 aliphatic carbocycles. The summed E-state index contributed by atoms with van der Waals surface area (Å²) in [5.41, 5.74) is 2.23. The molecule has 2 aromatic carbocycles. The Bertz CT molecular complexity index is 934. The van der Waals surface area contributed by atoms with Crippen LogP contribution < -0.4 is 5.32 Å². The molecule has 0 aliphatic heterocycles. The van der Waals surface area contributed by atoms with E-state index in [1.54, 1.807) is 40.5 Å². The van der Waals surface area contributed by atoms with Gasteiger partial charge in [0.25, 0.3) is 5.91 Å². The quantitative estimate of drug-likeness (QED) is 0.584. The van der Waals surface area contributed by atoms with Crippen molar-refractivity contribution in [3.05, 3.63) is 59.1 Å². The van der Waals surface area contributed by atoms with Gasteiger partial charge < -0.3 is 10.2 Å². The van der Waals surface area contributed by atoms with E-state index >= 15 is 0 Å². The fraction of sp³-hybridized carbons (Fsp3) is 0.286. The predicted molar refractivity (Wildman–Crippen MR) is 118 cm³/mol. The molecule has 0 aliphatic rings. The van der Waals surface area contributed by atoms with Crippen molar-refractivity contribution in [1.29, 1.82) is 0 Å². The van der Waals surface area contributed by atoms with Gasteiger partial charge in [0.1, 0.15) is 5.01 Å². The molecular weight excluding hydrogens is 390 g/mol. The van der Waals surface area contributed by atoms with E-state index < -0.39 is 0 Å². The first-order valence-electron chi connectivity index (χ1n) is 9.22. The van der Waals surface area contributed by atoms with Crippen molar-refractivity contribution in [3.8, 4) is 0 Å². The highest BCUT2D eigenvalue weighted by atomic mass is 32.2. The van der Waals surface area contributed by atoms with E-state index in [1.807, 2.05) is 32.0 Å². The number of carbonyl (C=O) groups is 2. The second-order valence-corrected chi connectivity index (χ2v) is 8.28. The number of fused-ring (bicyclic) bond motifs is 1. The standard InChI is InChI=1S/C21H23N3O2S2/c1-3-24(4-2)21(26)15-8-7-9-16(12-15)22-19(25)13-27-14-20-23-17-10-5-6-11-18(17)28-20/h5-12H,3-4,13-14H2,1-2H3,(H,22,25). The van der Waals surface area contributed by atoms with Crippen LogP contribution in [0.4, 0.5) is 5.69 Å². The van der Waals surface area contributed by atoms with E-state index in [9.17, 15) is 9.59 Å². The molecular formula is C21H23N3O2S2. The third kappa shape index (κ3) is 5.11. The molecule has 0 fully saturated rings. The third-order valence-electron chi connectivity index (χ3n) is 4.24. The van der Waals surface area contributed by atoms with E-state index in [0.717, 1.165) is 15.2 Å². The van der Waals surface area contributed by atoms with Crippen LogP contribution in [0.2, 0.25) is 0 Å². The minimum absolute atomic E-state index is 0.0219. The molecule has 2 amide bonds. The van der Waals surface area contributed by atoms with Crippen LogP contribution in [0.1, 0.15) is 29.2 Å². The minimum atomic E-state index is -0.0847. The van der Waals surface area contributed by atoms with Crippen LogP contribution in [0, 0.1) is 0 Å². The Kier molecular flexibility index (Phi) is 7.06. The molecule has 5 nitrogen and oxygen atoms in total. The largest absolute Gasteiger partial charge is 0.339 e. The van der Waals surface area contributed by atoms with E-state index in [0.29, 0.717) is 35.8 Å². The lowest BCUT2D eigenvalue weighted by Crippen LogP contribution is -2.30. The fourth-order valence-corrected chi connectivity index (χ4v) is 4.68. The SMILES string of the molecule is CCN(CC)C(=O)c1cccc(NC(=O)CSCc2nc3ccccc3s2)c1. The summed E-state index contributed by atoms with van der Waals surface area (Å²) in [6.07, 6.45) is 0. The smallest absolute Gasteiger partial charge is 0.253 e. The number of rotatable bonds is 8. The average Bonchev–Trinajstić information content (AvgIpc) is 3.11. The number of amides is 2. The second-order valence-electron chi connectivity index (χ2n) is 6.17. The molecule has 1 heterocycles. The number of thioether (sulfide) groups is 1. The zero-order valence-electron chi connectivity index (χ0n) is 16.0. The van der Waals surface area contributed by atoms with Gasteiger partial charge in [0.15, 0.2) is 0 Å². The Morgan fingerprint density at radius 1 is 1.11 bits per heavy atom. The summed E-state index contributed by atoms with van der Waals surface area (Å²) >= 11 is 3.19. The van der Waals surface area contributed by atoms with E-state index in [-0.39, 0.29) is 11.8 Å². The zero-order valence-corrected chi connectivity index (χ0v) is 17.6. The first-order valence-corrected chi connectivity index (χ1v) is 11.2. The van der Waals surface area contributed by atoms with Gasteiger partial charge >= 0.3 is 0 Å². The maximum absolute atomic E-state index is 12.5. The van der Waals surface area contributed by atoms with Crippen LogP contribution >= 0.6 is 23.1 Å². The lowest BCUT2D eigenvalue weighted by atomic mass is 10.1. The molecule has 3 rings (SSSR count). The number of hydrogen-bond acceptors (Lipinski definition) is 5. The van der Waals surface area contributed by atoms with Crippen molar-refractivity contribution in [2.75, 3.05) is 24.2 Å². The molecule has 0 bridgehead atoms. The van der Waals surface area contributed by atoms with Gasteiger partial charge in [-0.25, -0.2) is 4.98 Å². The third-order valence-corrected chi connectivity index (χ3v) is 6.40. The summed E-state index contributed by atoms with van der Waals surface area (Å²) in [4.78, 5) is 31.0. The predicted octanol–water partition coefficient (Wildman–Crippen LogP) is 4.65. The van der Waals surface area contributed by atoms with Crippen molar-refractivity contribution in [2.24, 2.45) is 0 Å². The molecule has 0 spiro atoms. The number of benzene rings is 2. The molecule has 146 valence electrons. The van der Waals surface area contributed by atoms with Gasteiger partial charge in [0.05, 0.1) is 16.0 Å². The summed E-state index contributed by atoms with van der Waals surface area (Å²) in [6, 6.07) is 15.1. The summed E-state index contributed by atoms with van der Waals surface area (Å²) in [7, 11) is 0. The minimum Gasteiger partial charge on any atom is -0.339 e. The zero-order chi connectivity index (χ0) is 19.9. The van der Waals surface area contributed by atoms with Crippen LogP contribution in [-0.4, -0.2) is 40.5 Å². The van der Waals surface area contributed by atoms with Crippen molar-refractivity contribution >= 4 is 50.8 Å². The highest BCUT2D eigenvalue weighted by Crippen LogP contribution is 2.24. The average molecular weight is 414 g/mol. The number of para-hydroxylation sites is 1. The number of carbonyl (C=O) groups excluding carboxylic acids is 2. The van der Waals surface area contributed by atoms with Gasteiger partial charge in [0, 0.05) is 30.1 Å². The molecule has 0 radical (unpaired) electrons. The second kappa shape index (κ2) is 9.71. The number of nitrogens with one attached hydrogen (secondary N) is 1. The number of hydrogen-bond donors (Lipinski definition) is 1. The molecule has 1 aromatic heterocycles. The lowest BCUT2D eigenvalue weighted by Gasteiger charge is -2.19. The number of nitrogens with zero attached hydrogens (tertiary/aromatic N) is 2. The van der Waals surface area contributed by atoms with Gasteiger partial charge in [-0.05, 0) is 44.2 Å². The summed E-state index contributed by atoms with van der Waals surface area (Å²) in [6.45, 7) is 5.23. The van der Waals surface area contributed by atoms with Gasteiger partial charge in [-0.2, -0.15) is 0 Å². The summed E-state index contributed by atoms with van der Waals surface area (Å²) in [5, 5.41) is 3.90. The van der Waals surface area contributed by atoms with E-state index in [1.165, 1.54) is 11.8 Å². The summed E-state index contributed by atoms with van der Waals surface area (Å²) < 4.78 is 1.16. The van der Waals surface area contributed by atoms with Gasteiger partial charge in [-0.1, -0.05) is 18.2 Å². The first-order chi connectivity index (χ1) is 13.6. The highest BCUT2D eigenvalue weighted by molar-refractivity contribution is 7.99. The van der Waals surface area contributed by atoms with Gasteiger partial charge in [-0.15, -0.1) is 23.1 Å². The molecule has 28 heavy (non-hydrogen) atoms. The Hall–Kier alpha value is -2.38. The number of aromatic nitrogens is 1. The molecule has 3 aromatic rings. The first kappa shape index (κ1) is 20.4. The van der Waals surface area contributed by atoms with Gasteiger partial charge in [-0.3, -0.25) is 9.59 Å². The monoisotopic (exact) mass is 413 g/mol. The van der Waals surface area contributed by atoms with Crippen molar-refractivity contribution in [1.82, 2.24) is 9.88 Å². The van der Waals surface area contributed by atoms with Crippen LogP contribution in [0.15, 0.2) is 48.5 Å². The van der Waals surface area contributed by atoms with E-state index in [2.05, 4.69) is 16.4 Å². The van der Waals surface area contributed by atoms with Gasteiger partial charge in [0.2, 0.25) is 5.91 Å². The Morgan fingerprint density at radius 3 is 2.64 bits per heavy atom. The molecule has 0 atom stereocenters. The van der Waals surface area contributed by atoms with Crippen molar-refractivity contribution in [3.63, 3.8) is 0 Å². The van der Waals surface area contributed by atoms with Crippen LogP contribution in [0.3, 0.4) is 0 Å². The Labute approximate surface area is 173 Å². The Morgan fingerprint density at radius 2 is 1.89 bits per heavy atom. The van der Waals surface area contributed by atoms with Crippen LogP contribution in [0.25, 0.3) is 10.2 Å². The van der Waals surface area contributed by atoms with Crippen molar-refractivity contribution in [2.45, 2.75) is 19.6 Å². The fourth-order valence-electron chi connectivity index (χ4n) is 2.83. The molecule has 0 saturated heterocycles. The highest BCUT2D eigenvalue weighted by Gasteiger charge is 2.13. The summed E-state index contributed by atoms with van der Waals surface area (Å²) in [5.74, 6) is 0.932. The molecule has 7 heteroatoms. The van der Waals surface area contributed by atoms with E-state index in [4.69, 9.17) is 0 Å². The van der Waals surface area contributed by atoms with Crippen LogP contribution in [0.5, 0.6) is 0 Å². The maximum Gasteiger partial charge on any atom is 0.253 e. The molecule has 0 unspecified atom stereocenters. The number of anilines is 1. The van der Waals surface area contributed by atoms with Crippen molar-refractivity contribution < 1.29 is 9.59 Å².